The topological polar surface area (TPSA) is 38.3 Å². The Labute approximate surface area is 95.8 Å². The van der Waals surface area contributed by atoms with Gasteiger partial charge in [-0.15, -0.1) is 0 Å². The minimum atomic E-state index is -0.181. The van der Waals surface area contributed by atoms with Crippen molar-refractivity contribution in [3.63, 3.8) is 0 Å². The van der Waals surface area contributed by atoms with E-state index in [2.05, 4.69) is 38.2 Å². The Morgan fingerprint density at radius 3 is 2.56 bits per heavy atom. The molecule has 0 spiro atoms. The number of benzene rings is 1. The Morgan fingerprint density at radius 2 is 1.94 bits per heavy atom. The molecular weight excluding hydrogens is 202 g/mol. The van der Waals surface area contributed by atoms with Crippen molar-refractivity contribution >= 4 is 11.7 Å². The lowest BCUT2D eigenvalue weighted by atomic mass is 10.0. The summed E-state index contributed by atoms with van der Waals surface area (Å²) in [6, 6.07) is 3.99. The van der Waals surface area contributed by atoms with Gasteiger partial charge in [0.25, 0.3) is 0 Å². The van der Waals surface area contributed by atoms with E-state index in [0.29, 0.717) is 6.61 Å². The van der Waals surface area contributed by atoms with Gasteiger partial charge in [-0.1, -0.05) is 12.1 Å². The first kappa shape index (κ1) is 11.0. The molecule has 0 amide bonds. The van der Waals surface area contributed by atoms with Gasteiger partial charge in [-0.2, -0.15) is 0 Å². The van der Waals surface area contributed by atoms with Crippen molar-refractivity contribution in [3.8, 4) is 0 Å². The van der Waals surface area contributed by atoms with E-state index >= 15 is 0 Å². The van der Waals surface area contributed by atoms with Crippen molar-refractivity contribution < 1.29 is 9.53 Å². The van der Waals surface area contributed by atoms with Crippen molar-refractivity contribution in [1.29, 1.82) is 0 Å². The van der Waals surface area contributed by atoms with E-state index in [9.17, 15) is 4.79 Å². The highest BCUT2D eigenvalue weighted by Gasteiger charge is 2.27. The highest BCUT2D eigenvalue weighted by Crippen LogP contribution is 2.25. The van der Waals surface area contributed by atoms with Crippen molar-refractivity contribution in [2.75, 3.05) is 11.9 Å². The molecule has 1 fully saturated rings. The van der Waals surface area contributed by atoms with Crippen LogP contribution >= 0.6 is 0 Å². The maximum atomic E-state index is 11.4. The number of hydrogen-bond donors (Lipinski definition) is 1. The molecule has 86 valence electrons. The normalized spacial score (nSPS) is 19.7. The Balaban J connectivity index is 2.27. The number of aryl methyl sites for hydroxylation is 2. The van der Waals surface area contributed by atoms with E-state index in [-0.39, 0.29) is 12.0 Å². The van der Waals surface area contributed by atoms with Gasteiger partial charge in [-0.05, 0) is 37.5 Å². The molecule has 1 aromatic rings. The minimum absolute atomic E-state index is 0.139. The number of nitrogens with one attached hydrogen (secondary N) is 1. The summed E-state index contributed by atoms with van der Waals surface area (Å²) in [6.07, 6.45) is 0.756. The van der Waals surface area contributed by atoms with Crippen LogP contribution in [0.4, 0.5) is 5.69 Å². The number of hydrogen-bond acceptors (Lipinski definition) is 3. The van der Waals surface area contributed by atoms with Gasteiger partial charge in [0.05, 0.1) is 6.61 Å². The first-order valence-electron chi connectivity index (χ1n) is 5.59. The third kappa shape index (κ3) is 1.90. The van der Waals surface area contributed by atoms with Crippen LogP contribution < -0.4 is 5.32 Å². The zero-order valence-electron chi connectivity index (χ0n) is 9.96. The molecule has 1 saturated heterocycles. The lowest BCUT2D eigenvalue weighted by Crippen LogP contribution is -2.25. The van der Waals surface area contributed by atoms with Crippen molar-refractivity contribution in [3.05, 3.63) is 28.8 Å². The van der Waals surface area contributed by atoms with E-state index in [0.717, 1.165) is 12.1 Å². The molecule has 0 saturated carbocycles. The monoisotopic (exact) mass is 219 g/mol. The Hall–Kier alpha value is -1.51. The summed E-state index contributed by atoms with van der Waals surface area (Å²) in [5.74, 6) is -0.139. The summed E-state index contributed by atoms with van der Waals surface area (Å²) < 4.78 is 4.95. The molecule has 0 aliphatic carbocycles. The van der Waals surface area contributed by atoms with Gasteiger partial charge in [0, 0.05) is 12.1 Å². The Kier molecular flexibility index (Phi) is 2.86. The SMILES string of the molecule is Cc1ccc(C)c(NC2CCOC2=O)c1C. The smallest absolute Gasteiger partial charge is 0.328 e. The lowest BCUT2D eigenvalue weighted by Gasteiger charge is -2.17. The average Bonchev–Trinajstić information content (AvgIpc) is 2.65. The molecule has 3 heteroatoms. The Bertz CT molecular complexity index is 426. The predicted octanol–water partition coefficient (Wildman–Crippen LogP) is 2.34. The summed E-state index contributed by atoms with van der Waals surface area (Å²) in [4.78, 5) is 11.4. The zero-order valence-corrected chi connectivity index (χ0v) is 9.96. The third-order valence-corrected chi connectivity index (χ3v) is 3.20. The highest BCUT2D eigenvalue weighted by atomic mass is 16.5. The summed E-state index contributed by atoms with van der Waals surface area (Å²) in [7, 11) is 0. The van der Waals surface area contributed by atoms with E-state index in [1.165, 1.54) is 16.7 Å². The van der Waals surface area contributed by atoms with Crippen LogP contribution in [0.3, 0.4) is 0 Å². The summed E-state index contributed by atoms with van der Waals surface area (Å²) in [6.45, 7) is 6.73. The summed E-state index contributed by atoms with van der Waals surface area (Å²) in [5, 5.41) is 3.29. The molecule has 3 nitrogen and oxygen atoms in total. The molecule has 0 bridgehead atoms. The molecular formula is C13H17NO2. The Morgan fingerprint density at radius 1 is 1.25 bits per heavy atom. The van der Waals surface area contributed by atoms with Gasteiger partial charge in [-0.3, -0.25) is 0 Å². The second-order valence-electron chi connectivity index (χ2n) is 4.35. The summed E-state index contributed by atoms with van der Waals surface area (Å²) >= 11 is 0. The molecule has 1 heterocycles. The van der Waals surface area contributed by atoms with E-state index in [4.69, 9.17) is 4.74 Å². The fourth-order valence-corrected chi connectivity index (χ4v) is 1.97. The summed E-state index contributed by atoms with van der Waals surface area (Å²) in [5.41, 5.74) is 4.69. The molecule has 2 rings (SSSR count). The maximum absolute atomic E-state index is 11.4. The molecule has 0 radical (unpaired) electrons. The number of rotatable bonds is 2. The van der Waals surface area contributed by atoms with Crippen molar-refractivity contribution in [1.82, 2.24) is 0 Å². The van der Waals surface area contributed by atoms with Gasteiger partial charge in [-0.25, -0.2) is 4.79 Å². The number of anilines is 1. The highest BCUT2D eigenvalue weighted by molar-refractivity contribution is 5.81. The quantitative estimate of drug-likeness (QED) is 0.776. The number of esters is 1. The minimum Gasteiger partial charge on any atom is -0.464 e. The average molecular weight is 219 g/mol. The van der Waals surface area contributed by atoms with Crippen LogP contribution in [0.25, 0.3) is 0 Å². The molecule has 1 aliphatic rings. The van der Waals surface area contributed by atoms with E-state index in [1.807, 2.05) is 0 Å². The molecule has 0 aromatic heterocycles. The van der Waals surface area contributed by atoms with Crippen LogP contribution in [0.2, 0.25) is 0 Å². The zero-order chi connectivity index (χ0) is 11.7. The van der Waals surface area contributed by atoms with Crippen LogP contribution in [0.5, 0.6) is 0 Å². The van der Waals surface area contributed by atoms with Crippen LogP contribution in [0.1, 0.15) is 23.1 Å². The van der Waals surface area contributed by atoms with Crippen LogP contribution in [-0.2, 0) is 9.53 Å². The van der Waals surface area contributed by atoms with Crippen molar-refractivity contribution in [2.24, 2.45) is 0 Å². The van der Waals surface area contributed by atoms with Crippen LogP contribution in [-0.4, -0.2) is 18.6 Å². The number of carbonyl (C=O) groups excluding carboxylic acids is 1. The third-order valence-electron chi connectivity index (χ3n) is 3.20. The number of ether oxygens (including phenoxy) is 1. The van der Waals surface area contributed by atoms with Crippen molar-refractivity contribution in [2.45, 2.75) is 33.2 Å². The van der Waals surface area contributed by atoms with Gasteiger partial charge < -0.3 is 10.1 Å². The molecule has 1 N–H and O–H groups in total. The number of cyclic esters (lactones) is 1. The molecule has 1 atom stereocenters. The predicted molar refractivity (Wildman–Crippen MR) is 63.6 cm³/mol. The molecule has 1 aromatic carbocycles. The van der Waals surface area contributed by atoms with Crippen LogP contribution in [0.15, 0.2) is 12.1 Å². The largest absolute Gasteiger partial charge is 0.464 e. The fourth-order valence-electron chi connectivity index (χ4n) is 1.97. The number of carbonyl (C=O) groups is 1. The van der Waals surface area contributed by atoms with Gasteiger partial charge >= 0.3 is 5.97 Å². The second kappa shape index (κ2) is 4.16. The fraction of sp³-hybridized carbons (Fsp3) is 0.462. The van der Waals surface area contributed by atoms with E-state index < -0.39 is 0 Å². The van der Waals surface area contributed by atoms with Gasteiger partial charge in [0.15, 0.2) is 0 Å². The molecule has 1 aliphatic heterocycles. The molecule has 16 heavy (non-hydrogen) atoms. The first-order chi connectivity index (χ1) is 7.59. The maximum Gasteiger partial charge on any atom is 0.328 e. The standard InChI is InChI=1S/C13H17NO2/c1-8-4-5-9(2)12(10(8)3)14-11-6-7-16-13(11)15/h4-5,11,14H,6-7H2,1-3H3. The second-order valence-corrected chi connectivity index (χ2v) is 4.35. The van der Waals surface area contributed by atoms with Gasteiger partial charge in [0.1, 0.15) is 6.04 Å². The first-order valence-corrected chi connectivity index (χ1v) is 5.59. The van der Waals surface area contributed by atoms with E-state index in [1.54, 1.807) is 0 Å². The lowest BCUT2D eigenvalue weighted by molar-refractivity contribution is -0.138. The van der Waals surface area contributed by atoms with Crippen LogP contribution in [0, 0.1) is 20.8 Å². The molecule has 1 unspecified atom stereocenters. The van der Waals surface area contributed by atoms with Gasteiger partial charge in [0.2, 0.25) is 0 Å².